The number of rotatable bonds is 5. The van der Waals surface area contributed by atoms with Crippen LogP contribution in [0.4, 0.5) is 10.2 Å². The first kappa shape index (κ1) is 16.1. The van der Waals surface area contributed by atoms with Crippen LogP contribution in [-0.2, 0) is 13.0 Å². The fourth-order valence-corrected chi connectivity index (χ4v) is 1.89. The molecular formula is C16H21FN4O. The van der Waals surface area contributed by atoms with Gasteiger partial charge in [-0.05, 0) is 38.8 Å². The molecule has 0 aliphatic carbocycles. The van der Waals surface area contributed by atoms with Crippen LogP contribution in [-0.4, -0.2) is 20.6 Å². The highest BCUT2D eigenvalue weighted by Crippen LogP contribution is 2.18. The summed E-state index contributed by atoms with van der Waals surface area (Å²) >= 11 is 0. The molecule has 6 heteroatoms. The zero-order valence-corrected chi connectivity index (χ0v) is 13.4. The molecule has 0 aliphatic rings. The molecule has 0 atom stereocenters. The van der Waals surface area contributed by atoms with E-state index in [1.54, 1.807) is 6.20 Å². The van der Waals surface area contributed by atoms with Crippen LogP contribution in [0.1, 0.15) is 39.0 Å². The third-order valence-electron chi connectivity index (χ3n) is 2.87. The number of nitrogens with one attached hydrogen (secondary N) is 1. The second-order valence-corrected chi connectivity index (χ2v) is 5.91. The average molecular weight is 304 g/mol. The number of ether oxygens (including phenoxy) is 1. The SMILES string of the molecule is CCc1ncnc(NCc2ccnc(OC(C)(C)C)c2)c1F. The quantitative estimate of drug-likeness (QED) is 0.917. The highest BCUT2D eigenvalue weighted by Gasteiger charge is 2.13. The van der Waals surface area contributed by atoms with Gasteiger partial charge in [-0.2, -0.15) is 0 Å². The summed E-state index contributed by atoms with van der Waals surface area (Å²) in [7, 11) is 0. The van der Waals surface area contributed by atoms with Crippen molar-refractivity contribution in [2.45, 2.75) is 46.3 Å². The van der Waals surface area contributed by atoms with Gasteiger partial charge in [-0.1, -0.05) is 6.92 Å². The number of aryl methyl sites for hydroxylation is 1. The Balaban J connectivity index is 2.07. The fraction of sp³-hybridized carbons (Fsp3) is 0.438. The molecule has 0 bridgehead atoms. The van der Waals surface area contributed by atoms with E-state index in [4.69, 9.17) is 4.74 Å². The van der Waals surface area contributed by atoms with Crippen LogP contribution < -0.4 is 10.1 Å². The molecule has 0 aliphatic heterocycles. The Morgan fingerprint density at radius 2 is 2.00 bits per heavy atom. The maximum atomic E-state index is 14.1. The van der Waals surface area contributed by atoms with Gasteiger partial charge >= 0.3 is 0 Å². The number of aromatic nitrogens is 3. The van der Waals surface area contributed by atoms with Crippen LogP contribution in [0.3, 0.4) is 0 Å². The number of nitrogens with zero attached hydrogens (tertiary/aromatic N) is 3. The van der Waals surface area contributed by atoms with Gasteiger partial charge in [0.2, 0.25) is 5.88 Å². The molecule has 118 valence electrons. The van der Waals surface area contributed by atoms with Crippen molar-refractivity contribution in [3.8, 4) is 5.88 Å². The average Bonchev–Trinajstić information content (AvgIpc) is 2.45. The maximum absolute atomic E-state index is 14.1. The predicted molar refractivity (Wildman–Crippen MR) is 83.3 cm³/mol. The van der Waals surface area contributed by atoms with Crippen LogP contribution in [0.15, 0.2) is 24.7 Å². The minimum Gasteiger partial charge on any atom is -0.472 e. The van der Waals surface area contributed by atoms with Crippen molar-refractivity contribution in [2.75, 3.05) is 5.32 Å². The first-order chi connectivity index (χ1) is 10.4. The summed E-state index contributed by atoms with van der Waals surface area (Å²) in [6, 6.07) is 3.68. The molecule has 0 aromatic carbocycles. The van der Waals surface area contributed by atoms with Gasteiger partial charge in [-0.25, -0.2) is 19.3 Å². The first-order valence-electron chi connectivity index (χ1n) is 7.26. The second kappa shape index (κ2) is 6.68. The van der Waals surface area contributed by atoms with E-state index >= 15 is 0 Å². The summed E-state index contributed by atoms with van der Waals surface area (Å²) in [5, 5.41) is 2.98. The minimum absolute atomic E-state index is 0.210. The zero-order chi connectivity index (χ0) is 16.2. The Labute approximate surface area is 130 Å². The lowest BCUT2D eigenvalue weighted by Crippen LogP contribution is -2.23. The third kappa shape index (κ3) is 4.38. The van der Waals surface area contributed by atoms with Gasteiger partial charge in [-0.15, -0.1) is 0 Å². The summed E-state index contributed by atoms with van der Waals surface area (Å²) in [6.45, 7) is 8.17. The summed E-state index contributed by atoms with van der Waals surface area (Å²) in [5.74, 6) is 0.358. The molecule has 2 aromatic rings. The first-order valence-corrected chi connectivity index (χ1v) is 7.26. The van der Waals surface area contributed by atoms with Gasteiger partial charge in [0.05, 0.1) is 5.69 Å². The van der Waals surface area contributed by atoms with E-state index in [9.17, 15) is 4.39 Å². The molecular weight excluding hydrogens is 283 g/mol. The van der Waals surface area contributed by atoms with E-state index < -0.39 is 5.82 Å². The van der Waals surface area contributed by atoms with Gasteiger partial charge in [-0.3, -0.25) is 0 Å². The van der Waals surface area contributed by atoms with Crippen molar-refractivity contribution in [2.24, 2.45) is 0 Å². The number of pyridine rings is 1. The van der Waals surface area contributed by atoms with Gasteiger partial charge < -0.3 is 10.1 Å². The molecule has 2 aromatic heterocycles. The van der Waals surface area contributed by atoms with Crippen molar-refractivity contribution >= 4 is 5.82 Å². The molecule has 0 amide bonds. The van der Waals surface area contributed by atoms with Gasteiger partial charge in [0.15, 0.2) is 11.6 Å². The molecule has 2 rings (SSSR count). The molecule has 0 saturated carbocycles. The molecule has 0 saturated heterocycles. The lowest BCUT2D eigenvalue weighted by atomic mass is 10.2. The molecule has 5 nitrogen and oxygen atoms in total. The lowest BCUT2D eigenvalue weighted by molar-refractivity contribution is 0.124. The topological polar surface area (TPSA) is 59.9 Å². The van der Waals surface area contributed by atoms with Crippen LogP contribution in [0.5, 0.6) is 5.88 Å². The Morgan fingerprint density at radius 1 is 1.23 bits per heavy atom. The maximum Gasteiger partial charge on any atom is 0.214 e. The standard InChI is InChI=1S/C16H21FN4O/c1-5-12-14(17)15(21-10-20-12)19-9-11-6-7-18-13(8-11)22-16(2,3)4/h6-8,10H,5,9H2,1-4H3,(H,19,20,21). The smallest absolute Gasteiger partial charge is 0.214 e. The van der Waals surface area contributed by atoms with E-state index in [2.05, 4.69) is 20.3 Å². The Bertz CT molecular complexity index is 640. The van der Waals surface area contributed by atoms with Gasteiger partial charge in [0, 0.05) is 18.8 Å². The van der Waals surface area contributed by atoms with E-state index in [0.717, 1.165) is 5.56 Å². The molecule has 0 spiro atoms. The molecule has 1 N–H and O–H groups in total. The largest absolute Gasteiger partial charge is 0.472 e. The number of hydrogen-bond donors (Lipinski definition) is 1. The lowest BCUT2D eigenvalue weighted by Gasteiger charge is -2.20. The Kier molecular flexibility index (Phi) is 4.90. The highest BCUT2D eigenvalue weighted by molar-refractivity contribution is 5.38. The van der Waals surface area contributed by atoms with E-state index in [1.165, 1.54) is 6.33 Å². The number of hydrogen-bond acceptors (Lipinski definition) is 5. The number of anilines is 1. The van der Waals surface area contributed by atoms with Crippen LogP contribution in [0.25, 0.3) is 0 Å². The predicted octanol–water partition coefficient (Wildman–Crippen LogP) is 3.36. The molecule has 0 unspecified atom stereocenters. The number of halogens is 1. The van der Waals surface area contributed by atoms with Gasteiger partial charge in [0.25, 0.3) is 0 Å². The molecule has 2 heterocycles. The molecule has 0 radical (unpaired) electrons. The molecule has 22 heavy (non-hydrogen) atoms. The summed E-state index contributed by atoms with van der Waals surface area (Å²) in [4.78, 5) is 12.0. The fourth-order valence-electron chi connectivity index (χ4n) is 1.89. The second-order valence-electron chi connectivity index (χ2n) is 5.91. The summed E-state index contributed by atoms with van der Waals surface area (Å²) in [6.07, 6.45) is 3.57. The summed E-state index contributed by atoms with van der Waals surface area (Å²) < 4.78 is 19.8. The van der Waals surface area contributed by atoms with Crippen LogP contribution in [0.2, 0.25) is 0 Å². The Morgan fingerprint density at radius 3 is 2.68 bits per heavy atom. The van der Waals surface area contributed by atoms with E-state index in [0.29, 0.717) is 24.5 Å². The highest BCUT2D eigenvalue weighted by atomic mass is 19.1. The third-order valence-corrected chi connectivity index (χ3v) is 2.87. The van der Waals surface area contributed by atoms with Crippen molar-refractivity contribution in [3.63, 3.8) is 0 Å². The van der Waals surface area contributed by atoms with Crippen molar-refractivity contribution < 1.29 is 9.13 Å². The van der Waals surface area contributed by atoms with Gasteiger partial charge in [0.1, 0.15) is 11.9 Å². The zero-order valence-electron chi connectivity index (χ0n) is 13.4. The van der Waals surface area contributed by atoms with Crippen molar-refractivity contribution in [3.05, 3.63) is 41.7 Å². The summed E-state index contributed by atoms with van der Waals surface area (Å²) in [5.41, 5.74) is 1.03. The minimum atomic E-state index is -0.398. The normalized spacial score (nSPS) is 11.3. The van der Waals surface area contributed by atoms with E-state index in [-0.39, 0.29) is 11.4 Å². The van der Waals surface area contributed by atoms with Crippen LogP contribution in [0, 0.1) is 5.82 Å². The van der Waals surface area contributed by atoms with Crippen molar-refractivity contribution in [1.82, 2.24) is 15.0 Å². The van der Waals surface area contributed by atoms with Crippen LogP contribution >= 0.6 is 0 Å². The van der Waals surface area contributed by atoms with Crippen molar-refractivity contribution in [1.29, 1.82) is 0 Å². The molecule has 0 fully saturated rings. The van der Waals surface area contributed by atoms with E-state index in [1.807, 2.05) is 39.8 Å². The monoisotopic (exact) mass is 304 g/mol. The Hall–Kier alpha value is -2.24.